The molecule has 0 spiro atoms. The summed E-state index contributed by atoms with van der Waals surface area (Å²) in [6.45, 7) is 0. The number of hydrogen-bond donors (Lipinski definition) is 2. The van der Waals surface area contributed by atoms with Crippen LogP contribution in [0.5, 0.6) is 0 Å². The van der Waals surface area contributed by atoms with E-state index in [4.69, 9.17) is 10.2 Å². The number of hydrogen-bond acceptors (Lipinski definition) is 14. The third-order valence-corrected chi connectivity index (χ3v) is 2.62. The Hall–Kier alpha value is -1.70. The van der Waals surface area contributed by atoms with Gasteiger partial charge in [-0.05, 0) is 12.8 Å². The van der Waals surface area contributed by atoms with E-state index in [0.29, 0.717) is 0 Å². The topological polar surface area (TPSA) is 281 Å². The van der Waals surface area contributed by atoms with Gasteiger partial charge in [-0.15, -0.1) is 0 Å². The average molecular weight is 546 g/mol. The third-order valence-electron chi connectivity index (χ3n) is 2.62. The van der Waals surface area contributed by atoms with Crippen molar-refractivity contribution in [2.75, 3.05) is 0 Å². The molecule has 4 unspecified atom stereocenters. The number of aliphatic hydroxyl groups excluding tert-OH is 2. The molecular formula is C12H10Fe3O14. The Labute approximate surface area is 193 Å². The van der Waals surface area contributed by atoms with Crippen LogP contribution < -0.4 is 30.6 Å². The molecule has 0 bridgehead atoms. The largest absolute Gasteiger partial charge is 2.00 e. The maximum absolute atomic E-state index is 10.1. The number of carbonyl (C=O) groups is 6. The molecule has 2 N–H and O–H groups in total. The summed E-state index contributed by atoms with van der Waals surface area (Å²) in [5.41, 5.74) is 0. The molecule has 0 aromatic heterocycles. The second kappa shape index (κ2) is 18.3. The van der Waals surface area contributed by atoms with Gasteiger partial charge in [0.15, 0.2) is 0 Å². The number of aliphatic hydroxyl groups is 2. The first-order chi connectivity index (χ1) is 11.7. The zero-order valence-corrected chi connectivity index (χ0v) is 16.9. The zero-order chi connectivity index (χ0) is 21.2. The molecule has 17 heteroatoms. The van der Waals surface area contributed by atoms with Gasteiger partial charge < -0.3 is 69.6 Å². The molecule has 4 atom stereocenters. The Morgan fingerprint density at radius 2 is 0.724 bits per heavy atom. The molecule has 0 aromatic rings. The summed E-state index contributed by atoms with van der Waals surface area (Å²) < 4.78 is 0. The summed E-state index contributed by atoms with van der Waals surface area (Å²) in [6.07, 6.45) is -7.11. The van der Waals surface area contributed by atoms with Crippen molar-refractivity contribution in [3.63, 3.8) is 0 Å². The number of rotatable bonds is 10. The van der Waals surface area contributed by atoms with Gasteiger partial charge in [-0.2, -0.15) is 0 Å². The molecule has 0 aromatic carbocycles. The molecular weight excluding hydrogens is 536 g/mol. The average Bonchev–Trinajstić information content (AvgIpc) is 2.48. The van der Waals surface area contributed by atoms with Crippen LogP contribution >= 0.6 is 0 Å². The summed E-state index contributed by atoms with van der Waals surface area (Å²) in [7, 11) is 0. The van der Waals surface area contributed by atoms with Crippen molar-refractivity contribution in [3.05, 3.63) is 0 Å². The van der Waals surface area contributed by atoms with E-state index in [1.165, 1.54) is 0 Å². The first-order valence-electron chi connectivity index (χ1n) is 6.31. The van der Waals surface area contributed by atoms with Crippen LogP contribution in [0.3, 0.4) is 0 Å². The predicted octanol–water partition coefficient (Wildman–Crippen LogP) is -10.8. The van der Waals surface area contributed by atoms with Crippen LogP contribution in [0.2, 0.25) is 0 Å². The molecule has 14 nitrogen and oxygen atoms in total. The standard InChI is InChI=1S/2C6H8O7.3Fe/c2*7-3(8)1-2(5(10)11)4(9)6(12)13;;;/h2*2,4,9H,1H2,(H,7,8)(H,10,11)(H,12,13);;;/q;;3*+2/p-6. The number of carbonyl (C=O) groups excluding carboxylic acids is 6. The van der Waals surface area contributed by atoms with E-state index in [2.05, 4.69) is 0 Å². The Balaban J connectivity index is -0.000000120. The maximum Gasteiger partial charge on any atom is 2.00 e. The van der Waals surface area contributed by atoms with Gasteiger partial charge in [0.05, 0.1) is 11.9 Å². The minimum Gasteiger partial charge on any atom is -0.550 e. The van der Waals surface area contributed by atoms with Crippen LogP contribution in [0.25, 0.3) is 0 Å². The minimum atomic E-state index is -2.41. The summed E-state index contributed by atoms with van der Waals surface area (Å²) in [5.74, 6) is -15.8. The third kappa shape index (κ3) is 16.9. The van der Waals surface area contributed by atoms with Gasteiger partial charge in [0.1, 0.15) is 12.2 Å². The Bertz CT molecular complexity index is 530. The monoisotopic (exact) mass is 546 g/mol. The van der Waals surface area contributed by atoms with Crippen LogP contribution in [0, 0.1) is 11.8 Å². The SMILES string of the molecule is O=C([O-])CC(C(=O)[O-])C(O)C(=O)[O-].O=C([O-])CC(C(=O)[O-])C(O)C(=O)[O-].[Fe+2].[Fe+2].[Fe+2]. The molecule has 0 saturated heterocycles. The van der Waals surface area contributed by atoms with E-state index in [1.54, 1.807) is 0 Å². The van der Waals surface area contributed by atoms with Crippen molar-refractivity contribution < 1.29 is 121 Å². The molecule has 0 saturated carbocycles. The molecule has 0 fully saturated rings. The normalized spacial score (nSPS) is 13.0. The van der Waals surface area contributed by atoms with Crippen molar-refractivity contribution in [1.29, 1.82) is 0 Å². The molecule has 0 aliphatic heterocycles. The Morgan fingerprint density at radius 1 is 0.517 bits per heavy atom. The van der Waals surface area contributed by atoms with Gasteiger partial charge >= 0.3 is 51.2 Å². The van der Waals surface area contributed by atoms with E-state index in [1.807, 2.05) is 0 Å². The second-order valence-electron chi connectivity index (χ2n) is 4.53. The van der Waals surface area contributed by atoms with Crippen molar-refractivity contribution in [1.82, 2.24) is 0 Å². The molecule has 0 heterocycles. The molecule has 0 radical (unpaired) electrons. The van der Waals surface area contributed by atoms with Crippen LogP contribution in [-0.2, 0) is 80.0 Å². The van der Waals surface area contributed by atoms with Crippen molar-refractivity contribution in [2.45, 2.75) is 25.0 Å². The quantitative estimate of drug-likeness (QED) is 0.241. The Kier molecular flexibility index (Phi) is 24.0. The maximum atomic E-state index is 10.1. The molecule has 0 aliphatic carbocycles. The minimum absolute atomic E-state index is 0. The molecule has 0 rings (SSSR count). The smallest absolute Gasteiger partial charge is 0.550 e. The summed E-state index contributed by atoms with van der Waals surface area (Å²) in [5, 5.41) is 77.3. The summed E-state index contributed by atoms with van der Waals surface area (Å²) in [6, 6.07) is 0. The van der Waals surface area contributed by atoms with Gasteiger partial charge in [-0.3, -0.25) is 0 Å². The van der Waals surface area contributed by atoms with Gasteiger partial charge in [0, 0.05) is 35.7 Å². The van der Waals surface area contributed by atoms with Crippen molar-refractivity contribution >= 4 is 35.8 Å². The van der Waals surface area contributed by atoms with Crippen molar-refractivity contribution in [2.24, 2.45) is 11.8 Å². The molecule has 166 valence electrons. The Morgan fingerprint density at radius 3 is 0.828 bits per heavy atom. The van der Waals surface area contributed by atoms with Gasteiger partial charge in [0.25, 0.3) is 0 Å². The summed E-state index contributed by atoms with van der Waals surface area (Å²) >= 11 is 0. The first-order valence-corrected chi connectivity index (χ1v) is 6.31. The van der Waals surface area contributed by atoms with Crippen molar-refractivity contribution in [3.8, 4) is 0 Å². The second-order valence-corrected chi connectivity index (χ2v) is 4.53. The van der Waals surface area contributed by atoms with E-state index in [0.717, 1.165) is 0 Å². The van der Waals surface area contributed by atoms with Gasteiger partial charge in [-0.25, -0.2) is 0 Å². The van der Waals surface area contributed by atoms with Gasteiger partial charge in [0.2, 0.25) is 0 Å². The zero-order valence-electron chi connectivity index (χ0n) is 13.6. The predicted molar refractivity (Wildman–Crippen MR) is 58.3 cm³/mol. The fraction of sp³-hybridized carbons (Fsp3) is 0.500. The fourth-order valence-corrected chi connectivity index (χ4v) is 1.34. The molecule has 0 amide bonds. The fourth-order valence-electron chi connectivity index (χ4n) is 1.34. The van der Waals surface area contributed by atoms with E-state index >= 15 is 0 Å². The number of carboxylic acid groups (broad SMARTS) is 6. The van der Waals surface area contributed by atoms with E-state index in [-0.39, 0.29) is 51.2 Å². The van der Waals surface area contributed by atoms with E-state index in [9.17, 15) is 59.4 Å². The number of carboxylic acids is 6. The molecule has 29 heavy (non-hydrogen) atoms. The molecule has 0 aliphatic rings. The number of aliphatic carboxylic acids is 6. The van der Waals surface area contributed by atoms with Crippen LogP contribution in [0.15, 0.2) is 0 Å². The van der Waals surface area contributed by atoms with Crippen LogP contribution in [-0.4, -0.2) is 58.2 Å². The summed E-state index contributed by atoms with van der Waals surface area (Å²) in [4.78, 5) is 60.0. The van der Waals surface area contributed by atoms with Gasteiger partial charge in [-0.1, -0.05) is 0 Å². The van der Waals surface area contributed by atoms with Crippen LogP contribution in [0.4, 0.5) is 0 Å². The first kappa shape index (κ1) is 38.0. The van der Waals surface area contributed by atoms with Crippen LogP contribution in [0.1, 0.15) is 12.8 Å². The van der Waals surface area contributed by atoms with E-state index < -0.39 is 72.7 Å².